The lowest BCUT2D eigenvalue weighted by molar-refractivity contribution is -0.134. The van der Waals surface area contributed by atoms with Crippen LogP contribution in [0, 0.1) is 18.8 Å². The van der Waals surface area contributed by atoms with E-state index in [2.05, 4.69) is 9.97 Å². The topological polar surface area (TPSA) is 109 Å². The Kier molecular flexibility index (Phi) is 5.16. The van der Waals surface area contributed by atoms with Crippen molar-refractivity contribution in [2.45, 2.75) is 20.8 Å². The standard InChI is InChI=1S/C16H22N5O3/c1-11-9-19-12(10-18-11)14(23)21-6-4-20(5-7-21)13(22)8-16(2,3)15(17)24/h8-10H,4-7H2,1-3H3,(H2,17,24). The summed E-state index contributed by atoms with van der Waals surface area (Å²) >= 11 is 0. The highest BCUT2D eigenvalue weighted by molar-refractivity contribution is 5.95. The van der Waals surface area contributed by atoms with Crippen LogP contribution in [0.3, 0.4) is 0 Å². The summed E-state index contributed by atoms with van der Waals surface area (Å²) in [5, 5.41) is 0. The van der Waals surface area contributed by atoms with Crippen molar-refractivity contribution in [1.29, 1.82) is 0 Å². The number of hydrogen-bond acceptors (Lipinski definition) is 5. The van der Waals surface area contributed by atoms with Crippen molar-refractivity contribution >= 4 is 17.7 Å². The number of amides is 3. The highest BCUT2D eigenvalue weighted by Gasteiger charge is 2.32. The molecule has 0 aliphatic carbocycles. The van der Waals surface area contributed by atoms with Gasteiger partial charge in [-0.15, -0.1) is 0 Å². The molecule has 0 bridgehead atoms. The summed E-state index contributed by atoms with van der Waals surface area (Å²) in [6.07, 6.45) is 4.34. The number of hydrogen-bond donors (Lipinski definition) is 1. The van der Waals surface area contributed by atoms with Gasteiger partial charge in [0.1, 0.15) is 5.69 Å². The van der Waals surface area contributed by atoms with Gasteiger partial charge in [0.25, 0.3) is 5.91 Å². The van der Waals surface area contributed by atoms with Gasteiger partial charge in [-0.3, -0.25) is 19.4 Å². The maximum atomic E-state index is 12.4. The van der Waals surface area contributed by atoms with Crippen LogP contribution in [0.2, 0.25) is 0 Å². The second-order valence-electron chi connectivity index (χ2n) is 6.39. The van der Waals surface area contributed by atoms with Crippen molar-refractivity contribution in [2.24, 2.45) is 11.1 Å². The Labute approximate surface area is 141 Å². The maximum Gasteiger partial charge on any atom is 0.274 e. The molecule has 8 heteroatoms. The second-order valence-corrected chi connectivity index (χ2v) is 6.39. The molecule has 1 aliphatic rings. The number of piperazine rings is 1. The monoisotopic (exact) mass is 332 g/mol. The predicted octanol–water partition coefficient (Wildman–Crippen LogP) is -0.215. The van der Waals surface area contributed by atoms with E-state index in [1.807, 2.05) is 0 Å². The largest absolute Gasteiger partial charge is 0.369 e. The number of primary amides is 1. The molecule has 1 saturated heterocycles. The highest BCUT2D eigenvalue weighted by atomic mass is 16.2. The van der Waals surface area contributed by atoms with Gasteiger partial charge in [0, 0.05) is 32.4 Å². The summed E-state index contributed by atoms with van der Waals surface area (Å²) in [6.45, 7) is 6.61. The van der Waals surface area contributed by atoms with E-state index in [4.69, 9.17) is 5.73 Å². The first-order valence-corrected chi connectivity index (χ1v) is 7.73. The zero-order valence-corrected chi connectivity index (χ0v) is 14.2. The van der Waals surface area contributed by atoms with Crippen LogP contribution in [-0.2, 0) is 9.59 Å². The predicted molar refractivity (Wildman–Crippen MR) is 86.5 cm³/mol. The van der Waals surface area contributed by atoms with E-state index in [1.54, 1.807) is 36.8 Å². The van der Waals surface area contributed by atoms with Gasteiger partial charge in [-0.25, -0.2) is 4.98 Å². The Morgan fingerprint density at radius 1 is 1.08 bits per heavy atom. The zero-order chi connectivity index (χ0) is 17.9. The van der Waals surface area contributed by atoms with Crippen LogP contribution in [0.25, 0.3) is 0 Å². The normalized spacial score (nSPS) is 15.3. The number of carbonyl (C=O) groups excluding carboxylic acids is 3. The molecule has 0 spiro atoms. The van der Waals surface area contributed by atoms with Crippen molar-refractivity contribution in [3.8, 4) is 0 Å². The van der Waals surface area contributed by atoms with Crippen LogP contribution in [0.4, 0.5) is 0 Å². The average Bonchev–Trinajstić information content (AvgIpc) is 2.54. The fourth-order valence-electron chi connectivity index (χ4n) is 2.27. The molecule has 0 saturated carbocycles. The second kappa shape index (κ2) is 6.94. The van der Waals surface area contributed by atoms with Gasteiger partial charge in [0.05, 0.1) is 23.7 Å². The van der Waals surface area contributed by atoms with Gasteiger partial charge in [0.2, 0.25) is 11.8 Å². The number of nitrogens with zero attached hydrogens (tertiary/aromatic N) is 4. The molecule has 1 radical (unpaired) electrons. The van der Waals surface area contributed by atoms with E-state index >= 15 is 0 Å². The molecule has 1 aromatic rings. The van der Waals surface area contributed by atoms with Gasteiger partial charge in [0.15, 0.2) is 0 Å². The van der Waals surface area contributed by atoms with Crippen LogP contribution in [0.15, 0.2) is 12.4 Å². The zero-order valence-electron chi connectivity index (χ0n) is 14.2. The number of aromatic nitrogens is 2. The molecular formula is C16H22N5O3. The SMILES string of the molecule is Cc1cnc(C(=O)N2CCN(C(=O)[CH]C(C)(C)C(N)=O)CC2)cn1. The Morgan fingerprint density at radius 2 is 1.67 bits per heavy atom. The van der Waals surface area contributed by atoms with E-state index in [9.17, 15) is 14.4 Å². The molecule has 2 N–H and O–H groups in total. The van der Waals surface area contributed by atoms with E-state index < -0.39 is 11.3 Å². The van der Waals surface area contributed by atoms with Gasteiger partial charge in [-0.2, -0.15) is 0 Å². The number of rotatable bonds is 4. The Balaban J connectivity index is 1.91. The molecule has 24 heavy (non-hydrogen) atoms. The lowest BCUT2D eigenvalue weighted by Gasteiger charge is -2.35. The molecule has 1 aliphatic heterocycles. The van der Waals surface area contributed by atoms with Gasteiger partial charge < -0.3 is 15.5 Å². The minimum absolute atomic E-state index is 0.198. The van der Waals surface area contributed by atoms with Crippen molar-refractivity contribution in [3.63, 3.8) is 0 Å². The molecule has 0 atom stereocenters. The van der Waals surface area contributed by atoms with Crippen LogP contribution in [-0.4, -0.2) is 63.7 Å². The fourth-order valence-corrected chi connectivity index (χ4v) is 2.27. The molecule has 2 heterocycles. The third kappa shape index (κ3) is 4.06. The molecule has 1 aromatic heterocycles. The van der Waals surface area contributed by atoms with Crippen molar-refractivity contribution in [3.05, 3.63) is 30.2 Å². The quantitative estimate of drug-likeness (QED) is 0.820. The third-order valence-electron chi connectivity index (χ3n) is 4.00. The molecule has 2 rings (SSSR count). The van der Waals surface area contributed by atoms with Gasteiger partial charge in [-0.05, 0) is 6.92 Å². The Bertz CT molecular complexity index is 634. The number of carbonyl (C=O) groups is 3. The molecule has 129 valence electrons. The first-order chi connectivity index (χ1) is 11.2. The van der Waals surface area contributed by atoms with Crippen LogP contribution < -0.4 is 5.73 Å². The summed E-state index contributed by atoms with van der Waals surface area (Å²) in [6, 6.07) is 0. The summed E-state index contributed by atoms with van der Waals surface area (Å²) in [5.41, 5.74) is 5.32. The summed E-state index contributed by atoms with van der Waals surface area (Å²) in [7, 11) is 0. The molecule has 3 amide bonds. The van der Waals surface area contributed by atoms with Crippen LogP contribution >= 0.6 is 0 Å². The first-order valence-electron chi connectivity index (χ1n) is 7.73. The van der Waals surface area contributed by atoms with E-state index in [-0.39, 0.29) is 11.8 Å². The fraction of sp³-hybridized carbons (Fsp3) is 0.500. The summed E-state index contributed by atoms with van der Waals surface area (Å²) < 4.78 is 0. The smallest absolute Gasteiger partial charge is 0.274 e. The average molecular weight is 332 g/mol. The lowest BCUT2D eigenvalue weighted by atomic mass is 9.88. The first kappa shape index (κ1) is 17.8. The van der Waals surface area contributed by atoms with Gasteiger partial charge in [-0.1, -0.05) is 13.8 Å². The van der Waals surface area contributed by atoms with E-state index in [1.165, 1.54) is 12.6 Å². The molecule has 8 nitrogen and oxygen atoms in total. The summed E-state index contributed by atoms with van der Waals surface area (Å²) in [5.74, 6) is -1.00. The number of nitrogens with two attached hydrogens (primary N) is 1. The van der Waals surface area contributed by atoms with Crippen LogP contribution in [0.1, 0.15) is 30.0 Å². The highest BCUT2D eigenvalue weighted by Crippen LogP contribution is 2.20. The van der Waals surface area contributed by atoms with E-state index in [0.29, 0.717) is 31.9 Å². The van der Waals surface area contributed by atoms with Gasteiger partial charge >= 0.3 is 0 Å². The Morgan fingerprint density at radius 3 is 2.17 bits per heavy atom. The minimum Gasteiger partial charge on any atom is -0.369 e. The number of aryl methyl sites for hydroxylation is 1. The van der Waals surface area contributed by atoms with Crippen molar-refractivity contribution < 1.29 is 14.4 Å². The molecular weight excluding hydrogens is 310 g/mol. The molecule has 1 fully saturated rings. The summed E-state index contributed by atoms with van der Waals surface area (Å²) in [4.78, 5) is 47.3. The van der Waals surface area contributed by atoms with E-state index in [0.717, 1.165) is 5.69 Å². The van der Waals surface area contributed by atoms with Crippen molar-refractivity contribution in [2.75, 3.05) is 26.2 Å². The maximum absolute atomic E-state index is 12.4. The molecule has 0 aromatic carbocycles. The third-order valence-corrected chi connectivity index (χ3v) is 4.00. The molecule has 0 unspecified atom stereocenters. The van der Waals surface area contributed by atoms with Crippen LogP contribution in [0.5, 0.6) is 0 Å². The lowest BCUT2D eigenvalue weighted by Crippen LogP contribution is -2.52. The van der Waals surface area contributed by atoms with Crippen molar-refractivity contribution in [1.82, 2.24) is 19.8 Å². The minimum atomic E-state index is -0.998. The Hall–Kier alpha value is -2.51.